The number of aliphatic imine (C=N–C) groups is 1. The molecule has 0 fully saturated rings. The Morgan fingerprint density at radius 1 is 1.27 bits per heavy atom. The van der Waals surface area contributed by atoms with Crippen LogP contribution >= 0.6 is 24.0 Å². The molecule has 126 valence electrons. The van der Waals surface area contributed by atoms with Gasteiger partial charge in [-0.25, -0.2) is 9.38 Å². The molecule has 1 aromatic carbocycles. The fraction of sp³-hybridized carbons (Fsp3) is 0.500. The molecule has 0 amide bonds. The molecule has 0 spiro atoms. The van der Waals surface area contributed by atoms with Gasteiger partial charge in [-0.15, -0.1) is 24.0 Å². The van der Waals surface area contributed by atoms with Gasteiger partial charge in [-0.3, -0.25) is 0 Å². The Bertz CT molecular complexity index is 473. The maximum Gasteiger partial charge on any atom is 0.387 e. The van der Waals surface area contributed by atoms with E-state index in [9.17, 15) is 13.2 Å². The van der Waals surface area contributed by atoms with Crippen LogP contribution in [0.3, 0.4) is 0 Å². The van der Waals surface area contributed by atoms with Crippen LogP contribution in [0.5, 0.6) is 5.75 Å². The minimum atomic E-state index is -3.00. The van der Waals surface area contributed by atoms with E-state index in [-0.39, 0.29) is 41.8 Å². The number of nitrogens with zero attached hydrogens (tertiary/aromatic N) is 1. The largest absolute Gasteiger partial charge is 0.434 e. The number of nitrogens with one attached hydrogen (secondary N) is 2. The minimum Gasteiger partial charge on any atom is -0.434 e. The van der Waals surface area contributed by atoms with Crippen LogP contribution in [0.4, 0.5) is 13.2 Å². The molecule has 4 nitrogen and oxygen atoms in total. The van der Waals surface area contributed by atoms with E-state index in [1.54, 1.807) is 0 Å². The fourth-order valence-electron chi connectivity index (χ4n) is 1.64. The molecule has 0 aliphatic heterocycles. The number of benzene rings is 1. The van der Waals surface area contributed by atoms with Gasteiger partial charge < -0.3 is 15.4 Å². The minimum absolute atomic E-state index is 0. The third-order valence-corrected chi connectivity index (χ3v) is 2.57. The maximum atomic E-state index is 13.8. The first-order valence-electron chi connectivity index (χ1n) is 6.82. The van der Waals surface area contributed by atoms with Crippen LogP contribution in [0.25, 0.3) is 0 Å². The quantitative estimate of drug-likeness (QED) is 0.395. The summed E-state index contributed by atoms with van der Waals surface area (Å²) in [5, 5.41) is 6.04. The van der Waals surface area contributed by atoms with Crippen molar-refractivity contribution in [3.05, 3.63) is 29.6 Å². The molecular weight excluding hydrogens is 410 g/mol. The average Bonchev–Trinajstić information content (AvgIpc) is 2.43. The first kappa shape index (κ1) is 20.8. The van der Waals surface area contributed by atoms with E-state index in [0.717, 1.165) is 6.42 Å². The van der Waals surface area contributed by atoms with Gasteiger partial charge >= 0.3 is 6.61 Å². The highest BCUT2D eigenvalue weighted by molar-refractivity contribution is 14.0. The molecule has 0 aliphatic carbocycles. The van der Waals surface area contributed by atoms with E-state index in [0.29, 0.717) is 19.0 Å². The van der Waals surface area contributed by atoms with Crippen LogP contribution in [-0.4, -0.2) is 25.7 Å². The lowest BCUT2D eigenvalue weighted by molar-refractivity contribution is -0.0506. The van der Waals surface area contributed by atoms with Crippen molar-refractivity contribution >= 4 is 29.9 Å². The van der Waals surface area contributed by atoms with Gasteiger partial charge in [0.2, 0.25) is 0 Å². The molecule has 0 heterocycles. The van der Waals surface area contributed by atoms with Crippen molar-refractivity contribution in [2.75, 3.05) is 13.1 Å². The van der Waals surface area contributed by atoms with Crippen LogP contribution in [-0.2, 0) is 6.54 Å². The van der Waals surface area contributed by atoms with Gasteiger partial charge in [0.1, 0.15) is 11.6 Å². The van der Waals surface area contributed by atoms with E-state index in [2.05, 4.69) is 20.4 Å². The summed E-state index contributed by atoms with van der Waals surface area (Å²) in [7, 11) is 0. The lowest BCUT2D eigenvalue weighted by Crippen LogP contribution is -2.37. The Hall–Kier alpha value is -1.19. The predicted octanol–water partition coefficient (Wildman–Crippen LogP) is 3.51. The van der Waals surface area contributed by atoms with Crippen LogP contribution in [0.15, 0.2) is 23.2 Å². The van der Waals surface area contributed by atoms with Crippen molar-refractivity contribution in [1.29, 1.82) is 0 Å². The zero-order valence-electron chi connectivity index (χ0n) is 12.5. The van der Waals surface area contributed by atoms with Gasteiger partial charge in [0.25, 0.3) is 0 Å². The summed E-state index contributed by atoms with van der Waals surface area (Å²) < 4.78 is 42.7. The smallest absolute Gasteiger partial charge is 0.387 e. The number of guanidine groups is 1. The second-order valence-electron chi connectivity index (χ2n) is 4.22. The van der Waals surface area contributed by atoms with Crippen molar-refractivity contribution in [2.45, 2.75) is 33.4 Å². The molecule has 0 saturated heterocycles. The molecule has 0 aliphatic rings. The Morgan fingerprint density at radius 3 is 2.59 bits per heavy atom. The number of alkyl halides is 2. The van der Waals surface area contributed by atoms with Crippen molar-refractivity contribution in [2.24, 2.45) is 4.99 Å². The van der Waals surface area contributed by atoms with Crippen LogP contribution < -0.4 is 15.4 Å². The molecular formula is C14H21F3IN3O. The summed E-state index contributed by atoms with van der Waals surface area (Å²) in [6.45, 7) is 2.17. The zero-order chi connectivity index (χ0) is 15.7. The summed E-state index contributed by atoms with van der Waals surface area (Å²) in [5.41, 5.74) is 0.00602. The van der Waals surface area contributed by atoms with E-state index in [4.69, 9.17) is 0 Å². The molecule has 22 heavy (non-hydrogen) atoms. The molecule has 0 saturated carbocycles. The number of ether oxygens (including phenoxy) is 1. The standard InChI is InChI=1S/C14H20F3N3O.HI/c1-3-8-19-14(18-4-2)20-9-10-11(15)6-5-7-12(10)21-13(16)17;/h5-7,13H,3-4,8-9H2,1-2H3,(H2,18,19,20);1H. The van der Waals surface area contributed by atoms with Gasteiger partial charge in [-0.2, -0.15) is 8.78 Å². The van der Waals surface area contributed by atoms with Gasteiger partial charge in [-0.05, 0) is 25.5 Å². The third-order valence-electron chi connectivity index (χ3n) is 2.57. The molecule has 0 bridgehead atoms. The first-order chi connectivity index (χ1) is 10.1. The first-order valence-corrected chi connectivity index (χ1v) is 6.82. The highest BCUT2D eigenvalue weighted by Gasteiger charge is 2.13. The lowest BCUT2D eigenvalue weighted by atomic mass is 10.2. The predicted molar refractivity (Wildman–Crippen MR) is 91.6 cm³/mol. The van der Waals surface area contributed by atoms with Crippen molar-refractivity contribution in [3.63, 3.8) is 0 Å². The topological polar surface area (TPSA) is 45.7 Å². The van der Waals surface area contributed by atoms with Crippen molar-refractivity contribution in [1.82, 2.24) is 10.6 Å². The Balaban J connectivity index is 0.00000441. The summed E-state index contributed by atoms with van der Waals surface area (Å²) in [5.74, 6) is -0.311. The second kappa shape index (κ2) is 11.4. The Kier molecular flexibility index (Phi) is 10.8. The summed E-state index contributed by atoms with van der Waals surface area (Å²) in [4.78, 5) is 4.18. The maximum absolute atomic E-state index is 13.8. The lowest BCUT2D eigenvalue weighted by Gasteiger charge is -2.12. The Labute approximate surface area is 145 Å². The van der Waals surface area contributed by atoms with Crippen LogP contribution in [0, 0.1) is 5.82 Å². The van der Waals surface area contributed by atoms with Crippen LogP contribution in [0.1, 0.15) is 25.8 Å². The summed E-state index contributed by atoms with van der Waals surface area (Å²) in [6.07, 6.45) is 0.907. The molecule has 1 aromatic rings. The molecule has 0 radical (unpaired) electrons. The van der Waals surface area contributed by atoms with E-state index in [1.807, 2.05) is 13.8 Å². The SMILES string of the molecule is CCCNC(=NCc1c(F)cccc1OC(F)F)NCC.I. The summed E-state index contributed by atoms with van der Waals surface area (Å²) >= 11 is 0. The zero-order valence-corrected chi connectivity index (χ0v) is 14.9. The van der Waals surface area contributed by atoms with Gasteiger partial charge in [0, 0.05) is 13.1 Å². The summed E-state index contributed by atoms with van der Waals surface area (Å²) in [6, 6.07) is 3.81. The number of hydrogen-bond acceptors (Lipinski definition) is 2. The molecule has 0 aromatic heterocycles. The van der Waals surface area contributed by atoms with E-state index < -0.39 is 12.4 Å². The fourth-order valence-corrected chi connectivity index (χ4v) is 1.64. The average molecular weight is 431 g/mol. The number of halogens is 4. The van der Waals surface area contributed by atoms with E-state index >= 15 is 0 Å². The molecule has 0 unspecified atom stereocenters. The number of hydrogen-bond donors (Lipinski definition) is 2. The van der Waals surface area contributed by atoms with Crippen molar-refractivity contribution in [3.8, 4) is 5.75 Å². The third kappa shape index (κ3) is 7.19. The molecule has 8 heteroatoms. The van der Waals surface area contributed by atoms with Gasteiger partial charge in [0.15, 0.2) is 5.96 Å². The van der Waals surface area contributed by atoms with Crippen molar-refractivity contribution < 1.29 is 17.9 Å². The molecule has 0 atom stereocenters. The highest BCUT2D eigenvalue weighted by atomic mass is 127. The number of rotatable bonds is 7. The molecule has 2 N–H and O–H groups in total. The van der Waals surface area contributed by atoms with Gasteiger partial charge in [0.05, 0.1) is 12.1 Å². The van der Waals surface area contributed by atoms with E-state index in [1.165, 1.54) is 18.2 Å². The molecule has 1 rings (SSSR count). The highest BCUT2D eigenvalue weighted by Crippen LogP contribution is 2.24. The normalized spacial score (nSPS) is 11.1. The van der Waals surface area contributed by atoms with Gasteiger partial charge in [-0.1, -0.05) is 13.0 Å². The second-order valence-corrected chi connectivity index (χ2v) is 4.22. The van der Waals surface area contributed by atoms with Crippen LogP contribution in [0.2, 0.25) is 0 Å². The monoisotopic (exact) mass is 431 g/mol. The Morgan fingerprint density at radius 2 is 2.00 bits per heavy atom.